The molecular weight excluding hydrogens is 204 g/mol. The van der Waals surface area contributed by atoms with Crippen LogP contribution in [0.15, 0.2) is 17.5 Å². The zero-order chi connectivity index (χ0) is 10.5. The van der Waals surface area contributed by atoms with Crippen molar-refractivity contribution in [3.63, 3.8) is 0 Å². The zero-order valence-electron chi connectivity index (χ0n) is 9.19. The molecule has 2 N–H and O–H groups in total. The lowest BCUT2D eigenvalue weighted by molar-refractivity contribution is 0.166. The summed E-state index contributed by atoms with van der Waals surface area (Å²) in [5.41, 5.74) is 5.88. The van der Waals surface area contributed by atoms with Crippen molar-refractivity contribution in [2.75, 3.05) is 19.6 Å². The molecule has 1 aliphatic rings. The van der Waals surface area contributed by atoms with E-state index in [9.17, 15) is 0 Å². The molecule has 3 heteroatoms. The number of hydrogen-bond donors (Lipinski definition) is 1. The first-order chi connectivity index (χ1) is 7.40. The molecule has 2 nitrogen and oxygen atoms in total. The van der Waals surface area contributed by atoms with Gasteiger partial charge in [-0.1, -0.05) is 12.5 Å². The van der Waals surface area contributed by atoms with Crippen LogP contribution in [-0.2, 0) is 6.42 Å². The minimum Gasteiger partial charge on any atom is -0.329 e. The highest BCUT2D eigenvalue weighted by Crippen LogP contribution is 2.17. The second-order valence-electron chi connectivity index (χ2n) is 4.27. The van der Waals surface area contributed by atoms with Crippen LogP contribution in [0.3, 0.4) is 0 Å². The van der Waals surface area contributed by atoms with Gasteiger partial charge in [0.05, 0.1) is 0 Å². The average molecular weight is 224 g/mol. The third-order valence-electron chi connectivity index (χ3n) is 3.20. The topological polar surface area (TPSA) is 29.3 Å². The largest absolute Gasteiger partial charge is 0.329 e. The van der Waals surface area contributed by atoms with Crippen molar-refractivity contribution >= 4 is 11.3 Å². The molecule has 1 unspecified atom stereocenters. The Morgan fingerprint density at radius 1 is 1.33 bits per heavy atom. The van der Waals surface area contributed by atoms with Crippen molar-refractivity contribution in [3.05, 3.63) is 22.4 Å². The maximum Gasteiger partial charge on any atom is 0.0266 e. The van der Waals surface area contributed by atoms with Crippen LogP contribution in [0.4, 0.5) is 0 Å². The highest BCUT2D eigenvalue weighted by atomic mass is 32.1. The van der Waals surface area contributed by atoms with Gasteiger partial charge < -0.3 is 5.73 Å². The number of nitrogens with zero attached hydrogens (tertiary/aromatic N) is 1. The molecule has 15 heavy (non-hydrogen) atoms. The van der Waals surface area contributed by atoms with Gasteiger partial charge in [0.25, 0.3) is 0 Å². The Bertz CT molecular complexity index is 265. The highest BCUT2D eigenvalue weighted by Gasteiger charge is 2.19. The maximum absolute atomic E-state index is 5.88. The van der Waals surface area contributed by atoms with Gasteiger partial charge >= 0.3 is 0 Å². The van der Waals surface area contributed by atoms with E-state index in [1.807, 2.05) is 11.3 Å². The smallest absolute Gasteiger partial charge is 0.0266 e. The average Bonchev–Trinajstić information content (AvgIpc) is 2.80. The van der Waals surface area contributed by atoms with Crippen LogP contribution in [0.25, 0.3) is 0 Å². The summed E-state index contributed by atoms with van der Waals surface area (Å²) < 4.78 is 0. The highest BCUT2D eigenvalue weighted by molar-refractivity contribution is 7.09. The van der Waals surface area contributed by atoms with Crippen LogP contribution in [0, 0.1) is 0 Å². The molecule has 1 aliphatic heterocycles. The summed E-state index contributed by atoms with van der Waals surface area (Å²) in [6, 6.07) is 4.91. The molecule has 1 aromatic heterocycles. The van der Waals surface area contributed by atoms with Gasteiger partial charge in [0.15, 0.2) is 0 Å². The van der Waals surface area contributed by atoms with Crippen molar-refractivity contribution < 1.29 is 0 Å². The standard InChI is InChI=1S/C12H20N2S/c13-10-11(9-12-5-4-8-15-12)14-6-2-1-3-7-14/h4-5,8,11H,1-3,6-7,9-10,13H2. The minimum absolute atomic E-state index is 0.559. The SMILES string of the molecule is NCC(Cc1cccs1)N1CCCCC1. The molecule has 2 heterocycles. The van der Waals surface area contributed by atoms with E-state index in [1.54, 1.807) is 0 Å². The Hall–Kier alpha value is -0.380. The van der Waals surface area contributed by atoms with E-state index in [0.29, 0.717) is 6.04 Å². The van der Waals surface area contributed by atoms with E-state index >= 15 is 0 Å². The summed E-state index contributed by atoms with van der Waals surface area (Å²) in [4.78, 5) is 4.04. The number of hydrogen-bond acceptors (Lipinski definition) is 3. The number of thiophene rings is 1. The van der Waals surface area contributed by atoms with Crippen molar-refractivity contribution in [2.24, 2.45) is 5.73 Å². The van der Waals surface area contributed by atoms with E-state index in [4.69, 9.17) is 5.73 Å². The molecule has 2 rings (SSSR count). The fourth-order valence-electron chi connectivity index (χ4n) is 2.31. The van der Waals surface area contributed by atoms with Crippen LogP contribution in [0.5, 0.6) is 0 Å². The lowest BCUT2D eigenvalue weighted by Crippen LogP contribution is -2.44. The summed E-state index contributed by atoms with van der Waals surface area (Å²) in [7, 11) is 0. The minimum atomic E-state index is 0.559. The normalized spacial score (nSPS) is 20.3. The Labute approximate surface area is 96.1 Å². The van der Waals surface area contributed by atoms with E-state index in [0.717, 1.165) is 13.0 Å². The molecule has 0 spiro atoms. The zero-order valence-corrected chi connectivity index (χ0v) is 10.0. The molecule has 1 saturated heterocycles. The number of piperidine rings is 1. The van der Waals surface area contributed by atoms with Crippen LogP contribution < -0.4 is 5.73 Å². The first kappa shape index (κ1) is 11.1. The molecule has 0 bridgehead atoms. The Balaban J connectivity index is 1.91. The molecule has 0 aliphatic carbocycles. The Morgan fingerprint density at radius 2 is 2.13 bits per heavy atom. The van der Waals surface area contributed by atoms with Crippen LogP contribution in [0.1, 0.15) is 24.1 Å². The second-order valence-corrected chi connectivity index (χ2v) is 5.30. The van der Waals surface area contributed by atoms with Crippen molar-refractivity contribution in [2.45, 2.75) is 31.7 Å². The van der Waals surface area contributed by atoms with E-state index < -0.39 is 0 Å². The van der Waals surface area contributed by atoms with Gasteiger partial charge in [0, 0.05) is 17.5 Å². The third kappa shape index (κ3) is 3.03. The molecule has 0 aromatic carbocycles. The van der Waals surface area contributed by atoms with Gasteiger partial charge in [0.2, 0.25) is 0 Å². The van der Waals surface area contributed by atoms with Crippen LogP contribution in [-0.4, -0.2) is 30.6 Å². The number of likely N-dealkylation sites (tertiary alicyclic amines) is 1. The number of nitrogens with two attached hydrogens (primary N) is 1. The van der Waals surface area contributed by atoms with Crippen LogP contribution >= 0.6 is 11.3 Å². The molecule has 1 atom stereocenters. The van der Waals surface area contributed by atoms with E-state index in [1.165, 1.54) is 37.2 Å². The molecule has 0 amide bonds. The van der Waals surface area contributed by atoms with Gasteiger partial charge in [0.1, 0.15) is 0 Å². The molecule has 1 fully saturated rings. The van der Waals surface area contributed by atoms with Crippen molar-refractivity contribution in [1.29, 1.82) is 0 Å². The third-order valence-corrected chi connectivity index (χ3v) is 4.09. The quantitative estimate of drug-likeness (QED) is 0.848. The first-order valence-electron chi connectivity index (χ1n) is 5.86. The lowest BCUT2D eigenvalue weighted by atomic mass is 10.1. The summed E-state index contributed by atoms with van der Waals surface area (Å²) in [6.45, 7) is 3.28. The molecule has 1 aromatic rings. The summed E-state index contributed by atoms with van der Waals surface area (Å²) in [6.07, 6.45) is 5.23. The monoisotopic (exact) mass is 224 g/mol. The second kappa shape index (κ2) is 5.64. The van der Waals surface area contributed by atoms with Crippen LogP contribution in [0.2, 0.25) is 0 Å². The van der Waals surface area contributed by atoms with Gasteiger partial charge in [-0.15, -0.1) is 11.3 Å². The fraction of sp³-hybridized carbons (Fsp3) is 0.667. The van der Waals surface area contributed by atoms with Crippen molar-refractivity contribution in [3.8, 4) is 0 Å². The summed E-state index contributed by atoms with van der Waals surface area (Å²) in [5, 5.41) is 2.15. The van der Waals surface area contributed by atoms with Gasteiger partial charge in [-0.25, -0.2) is 0 Å². The van der Waals surface area contributed by atoms with Gasteiger partial charge in [-0.3, -0.25) is 4.90 Å². The lowest BCUT2D eigenvalue weighted by Gasteiger charge is -2.33. The van der Waals surface area contributed by atoms with Gasteiger partial charge in [-0.05, 0) is 43.8 Å². The Kier molecular flexibility index (Phi) is 4.18. The predicted molar refractivity (Wildman–Crippen MR) is 66.3 cm³/mol. The molecular formula is C12H20N2S. The Morgan fingerprint density at radius 3 is 2.73 bits per heavy atom. The van der Waals surface area contributed by atoms with E-state index in [-0.39, 0.29) is 0 Å². The van der Waals surface area contributed by atoms with E-state index in [2.05, 4.69) is 22.4 Å². The first-order valence-corrected chi connectivity index (χ1v) is 6.74. The molecule has 0 saturated carbocycles. The summed E-state index contributed by atoms with van der Waals surface area (Å²) in [5.74, 6) is 0. The van der Waals surface area contributed by atoms with Crippen molar-refractivity contribution in [1.82, 2.24) is 4.90 Å². The molecule has 0 radical (unpaired) electrons. The number of rotatable bonds is 4. The molecule has 84 valence electrons. The summed E-state index contributed by atoms with van der Waals surface area (Å²) >= 11 is 1.85. The maximum atomic E-state index is 5.88. The predicted octanol–water partition coefficient (Wildman–Crippen LogP) is 2.10. The van der Waals surface area contributed by atoms with Gasteiger partial charge in [-0.2, -0.15) is 0 Å². The fourth-order valence-corrected chi connectivity index (χ4v) is 3.08.